The van der Waals surface area contributed by atoms with E-state index in [4.69, 9.17) is 0 Å². The van der Waals surface area contributed by atoms with Gasteiger partial charge in [0, 0.05) is 0 Å². The molecule has 3 heteroatoms. The van der Waals surface area contributed by atoms with Crippen LogP contribution in [0.4, 0.5) is 0 Å². The van der Waals surface area contributed by atoms with Crippen LogP contribution in [-0.4, -0.2) is 29.8 Å². The maximum Gasteiger partial charge on any atom is 0.0677 e. The highest BCUT2D eigenvalue weighted by molar-refractivity contribution is 7.99. The lowest BCUT2D eigenvalue weighted by Gasteiger charge is -2.34. The Labute approximate surface area is 134 Å². The molecule has 0 spiro atoms. The summed E-state index contributed by atoms with van der Waals surface area (Å²) in [5.74, 6) is 3.07. The Morgan fingerprint density at radius 1 is 1.24 bits per heavy atom. The van der Waals surface area contributed by atoms with Crippen LogP contribution in [0.3, 0.4) is 0 Å². The lowest BCUT2D eigenvalue weighted by molar-refractivity contribution is 0.157. The summed E-state index contributed by atoms with van der Waals surface area (Å²) in [5, 5.41) is 13.6. The van der Waals surface area contributed by atoms with Crippen LogP contribution in [0.2, 0.25) is 0 Å². The topological polar surface area (TPSA) is 32.3 Å². The molecule has 0 aromatic heterocycles. The minimum Gasteiger partial charge on any atom is -0.394 e. The van der Waals surface area contributed by atoms with E-state index in [1.54, 1.807) is 0 Å². The Morgan fingerprint density at radius 2 is 1.95 bits per heavy atom. The van der Waals surface area contributed by atoms with Crippen molar-refractivity contribution < 1.29 is 5.11 Å². The van der Waals surface area contributed by atoms with Gasteiger partial charge in [0.2, 0.25) is 0 Å². The zero-order valence-corrected chi connectivity index (χ0v) is 14.6. The Balaban J connectivity index is 2.68. The van der Waals surface area contributed by atoms with Gasteiger partial charge < -0.3 is 10.4 Å². The van der Waals surface area contributed by atoms with Crippen LogP contribution >= 0.6 is 11.8 Å². The molecule has 2 unspecified atom stereocenters. The number of aliphatic hydroxyl groups is 1. The van der Waals surface area contributed by atoms with Crippen LogP contribution in [0, 0.1) is 5.92 Å². The fourth-order valence-corrected chi connectivity index (χ4v) is 3.63. The van der Waals surface area contributed by atoms with Crippen molar-refractivity contribution in [1.82, 2.24) is 5.32 Å². The van der Waals surface area contributed by atoms with Gasteiger partial charge in [0.15, 0.2) is 0 Å². The predicted octanol–water partition coefficient (Wildman–Crippen LogP) is 4.04. The van der Waals surface area contributed by atoms with Crippen molar-refractivity contribution in [2.45, 2.75) is 45.6 Å². The minimum atomic E-state index is -0.292. The van der Waals surface area contributed by atoms with Gasteiger partial charge in [-0.05, 0) is 42.4 Å². The summed E-state index contributed by atoms with van der Waals surface area (Å²) >= 11 is 2.01. The zero-order valence-electron chi connectivity index (χ0n) is 13.8. The number of aliphatic hydroxyl groups excluding tert-OH is 1. The molecule has 0 heterocycles. The Hall–Kier alpha value is -0.510. The smallest absolute Gasteiger partial charge is 0.0677 e. The molecule has 0 saturated carbocycles. The summed E-state index contributed by atoms with van der Waals surface area (Å²) in [6.07, 6.45) is 3.29. The summed E-state index contributed by atoms with van der Waals surface area (Å²) in [7, 11) is 0. The first-order valence-corrected chi connectivity index (χ1v) is 9.33. The monoisotopic (exact) mass is 309 g/mol. The molecule has 2 atom stereocenters. The molecule has 1 rings (SSSR count). The third kappa shape index (κ3) is 6.01. The van der Waals surface area contributed by atoms with Crippen LogP contribution in [0.15, 0.2) is 30.3 Å². The molecule has 0 saturated heterocycles. The quantitative estimate of drug-likeness (QED) is 0.605. The molecule has 0 amide bonds. The third-order valence-electron chi connectivity index (χ3n) is 4.08. The van der Waals surface area contributed by atoms with E-state index in [0.29, 0.717) is 0 Å². The van der Waals surface area contributed by atoms with Crippen molar-refractivity contribution >= 4 is 11.8 Å². The Morgan fingerprint density at radius 3 is 2.52 bits per heavy atom. The van der Waals surface area contributed by atoms with Gasteiger partial charge in [-0.25, -0.2) is 0 Å². The van der Waals surface area contributed by atoms with Gasteiger partial charge >= 0.3 is 0 Å². The summed E-state index contributed by atoms with van der Waals surface area (Å²) in [4.78, 5) is 0. The van der Waals surface area contributed by atoms with Crippen LogP contribution in [0.1, 0.15) is 45.6 Å². The molecule has 21 heavy (non-hydrogen) atoms. The fourth-order valence-electron chi connectivity index (χ4n) is 2.33. The lowest BCUT2D eigenvalue weighted by atomic mass is 9.88. The summed E-state index contributed by atoms with van der Waals surface area (Å²) in [6.45, 7) is 7.80. The summed E-state index contributed by atoms with van der Waals surface area (Å²) in [6, 6.07) is 10.4. The fraction of sp³-hybridized carbons (Fsp3) is 0.667. The van der Waals surface area contributed by atoms with E-state index >= 15 is 0 Å². The average molecular weight is 310 g/mol. The van der Waals surface area contributed by atoms with Crippen molar-refractivity contribution in [3.8, 4) is 0 Å². The van der Waals surface area contributed by atoms with Crippen molar-refractivity contribution in [2.24, 2.45) is 5.92 Å². The van der Waals surface area contributed by atoms with Crippen molar-refractivity contribution in [2.75, 3.05) is 24.7 Å². The van der Waals surface area contributed by atoms with Crippen LogP contribution in [0.25, 0.3) is 0 Å². The largest absolute Gasteiger partial charge is 0.394 e. The Kier molecular flexibility index (Phi) is 9.05. The Bertz CT molecular complexity index is 371. The second kappa shape index (κ2) is 10.3. The number of benzene rings is 1. The van der Waals surface area contributed by atoms with Gasteiger partial charge in [0.25, 0.3) is 0 Å². The van der Waals surface area contributed by atoms with E-state index in [1.807, 2.05) is 17.8 Å². The molecular formula is C18H31NOS. The van der Waals surface area contributed by atoms with Crippen LogP contribution in [-0.2, 0) is 5.54 Å². The van der Waals surface area contributed by atoms with Gasteiger partial charge in [0.1, 0.15) is 0 Å². The summed E-state index contributed by atoms with van der Waals surface area (Å²) in [5.41, 5.74) is 0.907. The molecule has 120 valence electrons. The van der Waals surface area contributed by atoms with Gasteiger partial charge in [-0.3, -0.25) is 0 Å². The first kappa shape index (κ1) is 18.5. The molecule has 0 aliphatic carbocycles. The standard InChI is InChI=1S/C18H31NOS/c1-4-12-19-18(15-20,17-9-7-6-8-10-17)11-13-21-14-16(3)5-2/h6-10,16,19-20H,4-5,11-15H2,1-3H3. The van der Waals surface area contributed by atoms with Gasteiger partial charge in [0.05, 0.1) is 12.1 Å². The van der Waals surface area contributed by atoms with Crippen LogP contribution in [0.5, 0.6) is 0 Å². The maximum absolute atomic E-state index is 10.0. The van der Waals surface area contributed by atoms with E-state index in [9.17, 15) is 5.11 Å². The minimum absolute atomic E-state index is 0.154. The second-order valence-corrected chi connectivity index (χ2v) is 7.02. The molecule has 2 N–H and O–H groups in total. The first-order chi connectivity index (χ1) is 10.2. The highest BCUT2D eigenvalue weighted by Gasteiger charge is 2.30. The summed E-state index contributed by atoms with van der Waals surface area (Å²) < 4.78 is 0. The van der Waals surface area contributed by atoms with E-state index in [0.717, 1.165) is 31.1 Å². The van der Waals surface area contributed by atoms with Crippen molar-refractivity contribution in [3.05, 3.63) is 35.9 Å². The van der Waals surface area contributed by atoms with E-state index < -0.39 is 0 Å². The maximum atomic E-state index is 10.0. The predicted molar refractivity (Wildman–Crippen MR) is 94.9 cm³/mol. The van der Waals surface area contributed by atoms with Crippen LogP contribution < -0.4 is 5.32 Å². The van der Waals surface area contributed by atoms with Gasteiger partial charge in [-0.1, -0.05) is 57.5 Å². The molecule has 0 fully saturated rings. The van der Waals surface area contributed by atoms with E-state index in [2.05, 4.69) is 50.4 Å². The lowest BCUT2D eigenvalue weighted by Crippen LogP contribution is -2.46. The SMILES string of the molecule is CCCNC(CO)(CCSCC(C)CC)c1ccccc1. The first-order valence-electron chi connectivity index (χ1n) is 8.17. The van der Waals surface area contributed by atoms with Gasteiger partial charge in [-0.15, -0.1) is 0 Å². The van der Waals surface area contributed by atoms with Crippen molar-refractivity contribution in [3.63, 3.8) is 0 Å². The molecule has 0 aliphatic rings. The number of thioether (sulfide) groups is 1. The molecule has 2 nitrogen and oxygen atoms in total. The zero-order chi connectivity index (χ0) is 15.6. The number of nitrogens with one attached hydrogen (secondary N) is 1. The average Bonchev–Trinajstić information content (AvgIpc) is 2.55. The molecular weight excluding hydrogens is 278 g/mol. The molecule has 1 aromatic rings. The molecule has 1 aromatic carbocycles. The van der Waals surface area contributed by atoms with Gasteiger partial charge in [-0.2, -0.15) is 11.8 Å². The highest BCUT2D eigenvalue weighted by Crippen LogP contribution is 2.27. The normalized spacial score (nSPS) is 15.6. The number of rotatable bonds is 11. The molecule has 0 bridgehead atoms. The molecule has 0 aliphatic heterocycles. The second-order valence-electron chi connectivity index (χ2n) is 5.87. The number of hydrogen-bond donors (Lipinski definition) is 2. The van der Waals surface area contributed by atoms with Crippen molar-refractivity contribution in [1.29, 1.82) is 0 Å². The highest BCUT2D eigenvalue weighted by atomic mass is 32.2. The number of hydrogen-bond acceptors (Lipinski definition) is 3. The van der Waals surface area contributed by atoms with E-state index in [1.165, 1.54) is 17.7 Å². The third-order valence-corrected chi connectivity index (χ3v) is 5.38. The van der Waals surface area contributed by atoms with E-state index in [-0.39, 0.29) is 12.1 Å². The molecule has 0 radical (unpaired) electrons.